The second kappa shape index (κ2) is 9.26. The Morgan fingerprint density at radius 2 is 2.03 bits per heavy atom. The summed E-state index contributed by atoms with van der Waals surface area (Å²) in [4.78, 5) is 31.3. The largest absolute Gasteiger partial charge is 0.411 e. The molecule has 0 spiro atoms. The number of carbonyl (C=O) groups excluding carboxylic acids is 2. The highest BCUT2D eigenvalue weighted by Crippen LogP contribution is 2.36. The summed E-state index contributed by atoms with van der Waals surface area (Å²) in [6.07, 6.45) is -3.13. The van der Waals surface area contributed by atoms with E-state index in [1.165, 1.54) is 24.4 Å². The zero-order chi connectivity index (χ0) is 22.6. The molecule has 0 saturated carbocycles. The molecule has 10 nitrogen and oxygen atoms in total. The van der Waals surface area contributed by atoms with Crippen LogP contribution in [0.3, 0.4) is 0 Å². The minimum absolute atomic E-state index is 0.0417. The van der Waals surface area contributed by atoms with Gasteiger partial charge in [0.2, 0.25) is 0 Å². The minimum atomic E-state index is -4.47. The standard InChI is InChI=1S/C17H17F3N8O2S/c1-2-22-16(30)25-13-5-8(15-24-12(7-31-15)17(18,19)20)9(6-23-13)10-3-4-11(28-27-10)14(29)26-21/h3-6,12H,2,7,21H2,1H3,(H,26,29)(H2,22,23,25,30). The highest BCUT2D eigenvalue weighted by Gasteiger charge is 2.43. The van der Waals surface area contributed by atoms with Gasteiger partial charge in [0, 0.05) is 29.6 Å². The summed E-state index contributed by atoms with van der Waals surface area (Å²) in [6, 6.07) is 1.88. The van der Waals surface area contributed by atoms with Crippen LogP contribution in [0.25, 0.3) is 11.3 Å². The number of carbonyl (C=O) groups is 2. The van der Waals surface area contributed by atoms with Gasteiger partial charge in [-0.3, -0.25) is 20.5 Å². The molecular weight excluding hydrogens is 437 g/mol. The number of hydrazine groups is 1. The van der Waals surface area contributed by atoms with Gasteiger partial charge in [-0.25, -0.2) is 15.6 Å². The molecule has 1 unspecified atom stereocenters. The number of rotatable bonds is 5. The fraction of sp³-hybridized carbons (Fsp3) is 0.294. The molecule has 0 aliphatic carbocycles. The van der Waals surface area contributed by atoms with Gasteiger partial charge >= 0.3 is 12.2 Å². The van der Waals surface area contributed by atoms with Crippen molar-refractivity contribution >= 4 is 34.6 Å². The maximum atomic E-state index is 13.1. The van der Waals surface area contributed by atoms with E-state index in [4.69, 9.17) is 5.84 Å². The van der Waals surface area contributed by atoms with Gasteiger partial charge in [0.25, 0.3) is 5.91 Å². The van der Waals surface area contributed by atoms with Crippen LogP contribution in [-0.2, 0) is 0 Å². The van der Waals surface area contributed by atoms with E-state index < -0.39 is 24.2 Å². The van der Waals surface area contributed by atoms with Crippen LogP contribution in [0.15, 0.2) is 29.4 Å². The Balaban J connectivity index is 2.02. The molecule has 1 aliphatic heterocycles. The molecule has 164 valence electrons. The van der Waals surface area contributed by atoms with E-state index in [1.54, 1.807) is 6.92 Å². The predicted molar refractivity (Wildman–Crippen MR) is 108 cm³/mol. The number of pyridine rings is 1. The number of nitrogens with two attached hydrogens (primary N) is 1. The number of nitrogens with one attached hydrogen (secondary N) is 3. The van der Waals surface area contributed by atoms with Crippen molar-refractivity contribution in [1.82, 2.24) is 25.9 Å². The monoisotopic (exact) mass is 454 g/mol. The average molecular weight is 454 g/mol. The lowest BCUT2D eigenvalue weighted by Gasteiger charge is -2.12. The van der Waals surface area contributed by atoms with Crippen molar-refractivity contribution in [2.45, 2.75) is 19.1 Å². The third-order valence-corrected chi connectivity index (χ3v) is 5.13. The van der Waals surface area contributed by atoms with Crippen LogP contribution in [-0.4, -0.2) is 56.7 Å². The second-order valence-electron chi connectivity index (χ2n) is 6.18. The number of halogens is 3. The Labute approximate surface area is 178 Å². The molecule has 14 heteroatoms. The molecule has 0 aromatic carbocycles. The van der Waals surface area contributed by atoms with Gasteiger partial charge in [-0.1, -0.05) is 0 Å². The lowest BCUT2D eigenvalue weighted by Crippen LogP contribution is -2.30. The van der Waals surface area contributed by atoms with Gasteiger partial charge in [-0.05, 0) is 25.1 Å². The van der Waals surface area contributed by atoms with Gasteiger partial charge in [-0.2, -0.15) is 13.2 Å². The van der Waals surface area contributed by atoms with Crippen LogP contribution in [0.5, 0.6) is 0 Å². The topological polar surface area (TPSA) is 147 Å². The summed E-state index contributed by atoms with van der Waals surface area (Å²) < 4.78 is 39.3. The van der Waals surface area contributed by atoms with Crippen LogP contribution in [0, 0.1) is 0 Å². The van der Waals surface area contributed by atoms with Crippen molar-refractivity contribution < 1.29 is 22.8 Å². The maximum absolute atomic E-state index is 13.1. The molecule has 2 aromatic heterocycles. The molecule has 3 amide bonds. The number of aliphatic imine (C=N–C) groups is 1. The Bertz CT molecular complexity index is 1010. The van der Waals surface area contributed by atoms with Crippen LogP contribution >= 0.6 is 11.8 Å². The van der Waals surface area contributed by atoms with E-state index in [2.05, 4.69) is 30.8 Å². The molecule has 3 rings (SSSR count). The second-order valence-corrected chi connectivity index (χ2v) is 7.19. The maximum Gasteiger partial charge on any atom is 0.411 e. The fourth-order valence-corrected chi connectivity index (χ4v) is 3.69. The summed E-state index contributed by atoms with van der Waals surface area (Å²) in [5, 5.41) is 12.9. The molecular formula is C17H17F3N8O2S. The van der Waals surface area contributed by atoms with Crippen LogP contribution < -0.4 is 21.9 Å². The Hall–Kier alpha value is -3.26. The van der Waals surface area contributed by atoms with Crippen molar-refractivity contribution in [2.75, 3.05) is 17.6 Å². The third kappa shape index (κ3) is 5.27. The number of hydrogen-bond acceptors (Lipinski definition) is 8. The number of anilines is 1. The first-order valence-electron chi connectivity index (χ1n) is 8.90. The summed E-state index contributed by atoms with van der Waals surface area (Å²) in [5.41, 5.74) is 2.76. The number of aromatic nitrogens is 3. The quantitative estimate of drug-likeness (QED) is 0.305. The fourth-order valence-electron chi connectivity index (χ4n) is 2.59. The highest BCUT2D eigenvalue weighted by atomic mass is 32.2. The Kier molecular flexibility index (Phi) is 6.70. The lowest BCUT2D eigenvalue weighted by molar-refractivity contribution is -0.141. The summed E-state index contributed by atoms with van der Waals surface area (Å²) >= 11 is 0.934. The van der Waals surface area contributed by atoms with Crippen molar-refractivity contribution in [1.29, 1.82) is 0 Å². The molecule has 0 bridgehead atoms. The third-order valence-electron chi connectivity index (χ3n) is 4.05. The summed E-state index contributed by atoms with van der Waals surface area (Å²) in [5.74, 6) is 4.27. The number of nitrogens with zero attached hydrogens (tertiary/aromatic N) is 4. The number of urea groups is 1. The van der Waals surface area contributed by atoms with Crippen LogP contribution in [0.4, 0.5) is 23.8 Å². The molecule has 3 heterocycles. The number of hydrogen-bond donors (Lipinski definition) is 4. The SMILES string of the molecule is CCNC(=O)Nc1cc(C2=NC(C(F)(F)F)CS2)c(-c2ccc(C(=O)NN)nn2)cn1. The van der Waals surface area contributed by atoms with Gasteiger partial charge in [0.15, 0.2) is 11.7 Å². The van der Waals surface area contributed by atoms with E-state index in [9.17, 15) is 22.8 Å². The average Bonchev–Trinajstić information content (AvgIpc) is 3.24. The number of nitrogen functional groups attached to an aromatic ring is 1. The van der Waals surface area contributed by atoms with E-state index in [1.807, 2.05) is 5.43 Å². The van der Waals surface area contributed by atoms with E-state index in [0.29, 0.717) is 17.7 Å². The highest BCUT2D eigenvalue weighted by molar-refractivity contribution is 8.14. The zero-order valence-corrected chi connectivity index (χ0v) is 16.8. The normalized spacial score (nSPS) is 15.9. The molecule has 1 aliphatic rings. The molecule has 5 N–H and O–H groups in total. The van der Waals surface area contributed by atoms with Crippen molar-refractivity contribution in [3.05, 3.63) is 35.7 Å². The first-order valence-corrected chi connectivity index (χ1v) is 9.89. The molecule has 0 saturated heterocycles. The number of alkyl halides is 3. The van der Waals surface area contributed by atoms with E-state index in [-0.39, 0.29) is 28.0 Å². The Morgan fingerprint density at radius 3 is 2.61 bits per heavy atom. The van der Waals surface area contributed by atoms with Gasteiger partial charge in [0.1, 0.15) is 5.82 Å². The van der Waals surface area contributed by atoms with Gasteiger partial charge in [0.05, 0.1) is 10.7 Å². The van der Waals surface area contributed by atoms with Crippen LogP contribution in [0.2, 0.25) is 0 Å². The molecule has 31 heavy (non-hydrogen) atoms. The van der Waals surface area contributed by atoms with Crippen molar-refractivity contribution in [2.24, 2.45) is 10.8 Å². The first kappa shape index (κ1) is 22.4. The Morgan fingerprint density at radius 1 is 1.26 bits per heavy atom. The first-order chi connectivity index (χ1) is 14.7. The zero-order valence-electron chi connectivity index (χ0n) is 16.0. The van der Waals surface area contributed by atoms with E-state index >= 15 is 0 Å². The van der Waals surface area contributed by atoms with Crippen molar-refractivity contribution in [3.8, 4) is 11.3 Å². The summed E-state index contributed by atoms with van der Waals surface area (Å²) in [6.45, 7) is 2.11. The van der Waals surface area contributed by atoms with Crippen molar-refractivity contribution in [3.63, 3.8) is 0 Å². The molecule has 2 aromatic rings. The van der Waals surface area contributed by atoms with Gasteiger partial charge in [-0.15, -0.1) is 22.0 Å². The number of thioether (sulfide) groups is 1. The minimum Gasteiger partial charge on any atom is -0.338 e. The van der Waals surface area contributed by atoms with Gasteiger partial charge < -0.3 is 5.32 Å². The smallest absolute Gasteiger partial charge is 0.338 e. The van der Waals surface area contributed by atoms with Crippen LogP contribution in [0.1, 0.15) is 23.0 Å². The number of amides is 3. The summed E-state index contributed by atoms with van der Waals surface area (Å²) in [7, 11) is 0. The molecule has 0 fully saturated rings. The molecule has 0 radical (unpaired) electrons. The molecule has 1 atom stereocenters. The predicted octanol–water partition coefficient (Wildman–Crippen LogP) is 1.71. The van der Waals surface area contributed by atoms with E-state index in [0.717, 1.165) is 11.8 Å². The lowest BCUT2D eigenvalue weighted by atomic mass is 10.1.